The third-order valence-electron chi connectivity index (χ3n) is 4.20. The highest BCUT2D eigenvalue weighted by atomic mass is 16.4. The smallest absolute Gasteiger partial charge is 0.291 e. The minimum absolute atomic E-state index is 0.0985. The van der Waals surface area contributed by atoms with Gasteiger partial charge in [-0.15, -0.1) is 0 Å². The van der Waals surface area contributed by atoms with Crippen LogP contribution in [-0.4, -0.2) is 22.9 Å². The molecule has 0 atom stereocenters. The van der Waals surface area contributed by atoms with E-state index in [1.165, 1.54) is 10.6 Å². The van der Waals surface area contributed by atoms with Gasteiger partial charge in [-0.1, -0.05) is 32.0 Å². The topological polar surface area (TPSA) is 93.3 Å². The quantitative estimate of drug-likeness (QED) is 0.645. The molecule has 3 rings (SSSR count). The van der Waals surface area contributed by atoms with Gasteiger partial charge < -0.3 is 19.6 Å². The normalized spacial score (nSPS) is 10.7. The number of hydrogen-bond donors (Lipinski definition) is 2. The van der Waals surface area contributed by atoms with Gasteiger partial charge in [0.2, 0.25) is 0 Å². The molecule has 0 aliphatic heterocycles. The second-order valence-electron chi connectivity index (χ2n) is 7.04. The van der Waals surface area contributed by atoms with Gasteiger partial charge in [0.05, 0.1) is 17.8 Å². The summed E-state index contributed by atoms with van der Waals surface area (Å²) in [5, 5.41) is 5.56. The molecule has 0 radical (unpaired) electrons. The van der Waals surface area contributed by atoms with Crippen LogP contribution in [0, 0.1) is 5.92 Å². The summed E-state index contributed by atoms with van der Waals surface area (Å²) in [4.78, 5) is 36.8. The Morgan fingerprint density at radius 2 is 1.76 bits per heavy atom. The van der Waals surface area contributed by atoms with Crippen molar-refractivity contribution in [2.75, 3.05) is 11.9 Å². The predicted molar refractivity (Wildman–Crippen MR) is 110 cm³/mol. The monoisotopic (exact) mass is 393 g/mol. The third kappa shape index (κ3) is 5.22. The number of nitrogens with zero attached hydrogens (tertiary/aromatic N) is 1. The lowest BCUT2D eigenvalue weighted by Gasteiger charge is -2.12. The van der Waals surface area contributed by atoms with Crippen molar-refractivity contribution < 1.29 is 14.0 Å². The van der Waals surface area contributed by atoms with Crippen LogP contribution in [0.15, 0.2) is 70.0 Å². The Morgan fingerprint density at radius 3 is 2.52 bits per heavy atom. The Balaban J connectivity index is 1.71. The molecule has 7 nitrogen and oxygen atoms in total. The second kappa shape index (κ2) is 9.05. The maximum Gasteiger partial charge on any atom is 0.291 e. The van der Waals surface area contributed by atoms with Crippen molar-refractivity contribution in [1.29, 1.82) is 0 Å². The van der Waals surface area contributed by atoms with E-state index >= 15 is 0 Å². The van der Waals surface area contributed by atoms with Crippen molar-refractivity contribution >= 4 is 17.5 Å². The lowest BCUT2D eigenvalue weighted by Crippen LogP contribution is -2.28. The first kappa shape index (κ1) is 20.1. The fraction of sp³-hybridized carbons (Fsp3) is 0.227. The highest BCUT2D eigenvalue weighted by Crippen LogP contribution is 2.17. The zero-order chi connectivity index (χ0) is 20.8. The van der Waals surface area contributed by atoms with Gasteiger partial charge in [0.15, 0.2) is 5.76 Å². The SMILES string of the molecule is CC(C)CNC(=O)c1ccccc1NC(=O)c1ccc(Cn2ccccc2=O)o1. The van der Waals surface area contributed by atoms with Crippen LogP contribution in [0.4, 0.5) is 5.69 Å². The molecular formula is C22H23N3O4. The van der Waals surface area contributed by atoms with E-state index in [9.17, 15) is 14.4 Å². The summed E-state index contributed by atoms with van der Waals surface area (Å²) in [6, 6.07) is 14.9. The van der Waals surface area contributed by atoms with E-state index in [-0.39, 0.29) is 23.8 Å². The fourth-order valence-corrected chi connectivity index (χ4v) is 2.71. The molecule has 0 aliphatic carbocycles. The van der Waals surface area contributed by atoms with E-state index in [0.717, 1.165) is 0 Å². The van der Waals surface area contributed by atoms with Gasteiger partial charge >= 0.3 is 0 Å². The third-order valence-corrected chi connectivity index (χ3v) is 4.20. The van der Waals surface area contributed by atoms with Gasteiger partial charge in [-0.05, 0) is 36.2 Å². The van der Waals surface area contributed by atoms with Gasteiger partial charge in [-0.3, -0.25) is 14.4 Å². The van der Waals surface area contributed by atoms with E-state index < -0.39 is 5.91 Å². The number of carbonyl (C=O) groups excluding carboxylic acids is 2. The van der Waals surface area contributed by atoms with E-state index in [1.54, 1.807) is 54.7 Å². The maximum absolute atomic E-state index is 12.6. The molecule has 2 amide bonds. The number of amides is 2. The van der Waals surface area contributed by atoms with Gasteiger partial charge in [-0.25, -0.2) is 0 Å². The van der Waals surface area contributed by atoms with Gasteiger partial charge in [0.1, 0.15) is 5.76 Å². The number of rotatable bonds is 7. The molecule has 0 saturated carbocycles. The number of aromatic nitrogens is 1. The molecule has 0 aliphatic rings. The molecule has 7 heteroatoms. The van der Waals surface area contributed by atoms with Crippen molar-refractivity contribution in [1.82, 2.24) is 9.88 Å². The number of carbonyl (C=O) groups is 2. The molecular weight excluding hydrogens is 370 g/mol. The van der Waals surface area contributed by atoms with E-state index in [0.29, 0.717) is 29.5 Å². The Hall–Kier alpha value is -3.61. The summed E-state index contributed by atoms with van der Waals surface area (Å²) < 4.78 is 7.06. The zero-order valence-corrected chi connectivity index (χ0v) is 16.3. The molecule has 150 valence electrons. The van der Waals surface area contributed by atoms with Crippen molar-refractivity contribution in [2.45, 2.75) is 20.4 Å². The minimum atomic E-state index is -0.472. The Labute approximate surface area is 168 Å². The molecule has 0 saturated heterocycles. The van der Waals surface area contributed by atoms with Crippen molar-refractivity contribution in [2.24, 2.45) is 5.92 Å². The number of pyridine rings is 1. The zero-order valence-electron chi connectivity index (χ0n) is 16.3. The largest absolute Gasteiger partial charge is 0.454 e. The van der Waals surface area contributed by atoms with Crippen LogP contribution in [0.3, 0.4) is 0 Å². The highest BCUT2D eigenvalue weighted by molar-refractivity contribution is 6.07. The van der Waals surface area contributed by atoms with Gasteiger partial charge in [-0.2, -0.15) is 0 Å². The molecule has 0 bridgehead atoms. The Bertz CT molecular complexity index is 1070. The number of para-hydroxylation sites is 1. The van der Waals surface area contributed by atoms with Crippen LogP contribution >= 0.6 is 0 Å². The summed E-state index contributed by atoms with van der Waals surface area (Å²) in [7, 11) is 0. The lowest BCUT2D eigenvalue weighted by molar-refractivity contribution is 0.0950. The van der Waals surface area contributed by atoms with Gasteiger partial charge in [0.25, 0.3) is 17.4 Å². The molecule has 0 unspecified atom stereocenters. The highest BCUT2D eigenvalue weighted by Gasteiger charge is 2.16. The summed E-state index contributed by atoms with van der Waals surface area (Å²) in [6.07, 6.45) is 1.65. The van der Waals surface area contributed by atoms with E-state index in [2.05, 4.69) is 10.6 Å². The molecule has 29 heavy (non-hydrogen) atoms. The van der Waals surface area contributed by atoms with Gasteiger partial charge in [0, 0.05) is 18.8 Å². The average molecular weight is 393 g/mol. The summed E-state index contributed by atoms with van der Waals surface area (Å²) in [5.74, 6) is 0.172. The Morgan fingerprint density at radius 1 is 1.00 bits per heavy atom. The number of nitrogens with one attached hydrogen (secondary N) is 2. The maximum atomic E-state index is 12.6. The number of anilines is 1. The number of furan rings is 1. The van der Waals surface area contributed by atoms with Crippen LogP contribution in [0.25, 0.3) is 0 Å². The number of benzene rings is 1. The lowest BCUT2D eigenvalue weighted by atomic mass is 10.1. The average Bonchev–Trinajstić information content (AvgIpc) is 3.17. The first-order chi connectivity index (χ1) is 13.9. The van der Waals surface area contributed by atoms with Crippen molar-refractivity contribution in [3.63, 3.8) is 0 Å². The van der Waals surface area contributed by atoms with Crippen LogP contribution in [0.5, 0.6) is 0 Å². The predicted octanol–water partition coefficient (Wildman–Crippen LogP) is 3.13. The molecule has 2 heterocycles. The molecule has 0 spiro atoms. The summed E-state index contributed by atoms with van der Waals surface area (Å²) in [5.41, 5.74) is 0.622. The molecule has 0 fully saturated rings. The van der Waals surface area contributed by atoms with Crippen LogP contribution < -0.4 is 16.2 Å². The van der Waals surface area contributed by atoms with Crippen LogP contribution in [0.1, 0.15) is 40.5 Å². The van der Waals surface area contributed by atoms with Crippen molar-refractivity contribution in [3.8, 4) is 0 Å². The first-order valence-electron chi connectivity index (χ1n) is 9.37. The molecule has 2 aromatic heterocycles. The Kier molecular flexibility index (Phi) is 6.29. The molecule has 3 aromatic rings. The van der Waals surface area contributed by atoms with E-state index in [4.69, 9.17) is 4.42 Å². The second-order valence-corrected chi connectivity index (χ2v) is 7.04. The fourth-order valence-electron chi connectivity index (χ4n) is 2.71. The minimum Gasteiger partial charge on any atom is -0.454 e. The summed E-state index contributed by atoms with van der Waals surface area (Å²) in [6.45, 7) is 4.78. The first-order valence-corrected chi connectivity index (χ1v) is 9.37. The van der Waals surface area contributed by atoms with Crippen LogP contribution in [-0.2, 0) is 6.54 Å². The standard InChI is InChI=1S/C22H23N3O4/c1-15(2)13-23-21(27)17-7-3-4-8-18(17)24-22(28)19-11-10-16(29-19)14-25-12-6-5-9-20(25)26/h3-12,15H,13-14H2,1-2H3,(H,23,27)(H,24,28). The number of hydrogen-bond acceptors (Lipinski definition) is 4. The van der Waals surface area contributed by atoms with Crippen LogP contribution in [0.2, 0.25) is 0 Å². The van der Waals surface area contributed by atoms with E-state index in [1.807, 2.05) is 13.8 Å². The van der Waals surface area contributed by atoms with Crippen molar-refractivity contribution in [3.05, 3.63) is 88.2 Å². The molecule has 2 N–H and O–H groups in total. The molecule has 1 aromatic carbocycles. The summed E-state index contributed by atoms with van der Waals surface area (Å²) >= 11 is 0.